The molecule has 0 aliphatic rings. The quantitative estimate of drug-likeness (QED) is 0.0787. The number of carbonyl (C=O) groups is 2. The van der Waals surface area contributed by atoms with Crippen LogP contribution in [0.5, 0.6) is 0 Å². The third-order valence-electron chi connectivity index (χ3n) is 8.76. The van der Waals surface area contributed by atoms with Crippen LogP contribution in [-0.2, 0) is 71.2 Å². The number of ether oxygens (including phenoxy) is 13. The Kier molecular flexibility index (Phi) is 53.1. The summed E-state index contributed by atoms with van der Waals surface area (Å²) in [7, 11) is 0. The molecule has 0 heterocycles. The number of hydrogen-bond donors (Lipinski definition) is 2. The molecular weight excluding hydrogens is 798 g/mol. The molecule has 0 fully saturated rings. The molecule has 0 atom stereocenters. The van der Waals surface area contributed by atoms with Gasteiger partial charge < -0.3 is 72.0 Å². The van der Waals surface area contributed by atoms with Gasteiger partial charge in [0.15, 0.2) is 0 Å². The van der Waals surface area contributed by atoms with Gasteiger partial charge >= 0.3 is 5.97 Å². The van der Waals surface area contributed by atoms with Gasteiger partial charge in [0, 0.05) is 13.2 Å². The largest absolute Gasteiger partial charge is 0.480 e. The summed E-state index contributed by atoms with van der Waals surface area (Å²) in [5.41, 5.74) is 0. The summed E-state index contributed by atoms with van der Waals surface area (Å²) >= 11 is 0. The van der Waals surface area contributed by atoms with Crippen LogP contribution in [0.1, 0.15) is 96.8 Å². The van der Waals surface area contributed by atoms with E-state index in [-0.39, 0.29) is 6.61 Å². The van der Waals surface area contributed by atoms with Gasteiger partial charge in [-0.05, 0) is 6.42 Å². The summed E-state index contributed by atoms with van der Waals surface area (Å²) in [5.74, 6) is -1.52. The molecule has 61 heavy (non-hydrogen) atoms. The molecule has 0 aromatic heterocycles. The summed E-state index contributed by atoms with van der Waals surface area (Å²) in [4.78, 5) is 21.7. The van der Waals surface area contributed by atoms with Crippen LogP contribution in [-0.4, -0.2) is 195 Å². The van der Waals surface area contributed by atoms with E-state index >= 15 is 0 Å². The number of aliphatic carboxylic acids is 1. The lowest BCUT2D eigenvalue weighted by atomic mass is 10.0. The number of amides is 1. The molecule has 0 saturated heterocycles. The van der Waals surface area contributed by atoms with Gasteiger partial charge in [0.1, 0.15) is 13.2 Å². The monoisotopic (exact) mass is 886 g/mol. The van der Waals surface area contributed by atoms with E-state index in [1.165, 1.54) is 83.5 Å². The molecule has 2 N–H and O–H groups in total. The van der Waals surface area contributed by atoms with E-state index in [1.54, 1.807) is 0 Å². The Bertz CT molecular complexity index is 862. The Morgan fingerprint density at radius 2 is 0.557 bits per heavy atom. The van der Waals surface area contributed by atoms with Crippen molar-refractivity contribution in [2.24, 2.45) is 0 Å². The first-order valence-corrected chi connectivity index (χ1v) is 23.2. The molecule has 0 rings (SSSR count). The van der Waals surface area contributed by atoms with Crippen molar-refractivity contribution in [3.05, 3.63) is 0 Å². The number of carboxylic acids is 1. The molecule has 0 bridgehead atoms. The van der Waals surface area contributed by atoms with Crippen LogP contribution in [0.3, 0.4) is 0 Å². The van der Waals surface area contributed by atoms with Crippen LogP contribution in [0.4, 0.5) is 0 Å². The summed E-state index contributed by atoms with van der Waals surface area (Å²) in [5, 5.41) is 11.0. The predicted molar refractivity (Wildman–Crippen MR) is 232 cm³/mol. The van der Waals surface area contributed by atoms with Gasteiger partial charge in [-0.2, -0.15) is 0 Å². The van der Waals surface area contributed by atoms with E-state index < -0.39 is 18.5 Å². The van der Waals surface area contributed by atoms with Crippen LogP contribution in [0.25, 0.3) is 0 Å². The van der Waals surface area contributed by atoms with Gasteiger partial charge in [0.2, 0.25) is 5.91 Å². The first-order valence-electron chi connectivity index (χ1n) is 23.2. The standard InChI is InChI=1S/C44H87NO16/c1-2-3-4-5-6-7-8-9-10-11-12-13-14-15-17-49-19-21-51-23-25-53-27-29-55-31-33-57-35-37-59-39-40-60-38-36-58-34-32-56-30-28-54-26-24-52-22-20-50-18-16-45-43(46)41-61-42-44(47)48/h2-42H2,1H3,(H,45,46)(H,47,48). The Hall–Kier alpha value is -1.58. The highest BCUT2D eigenvalue weighted by Crippen LogP contribution is 2.13. The van der Waals surface area contributed by atoms with Crippen LogP contribution in [0.15, 0.2) is 0 Å². The Morgan fingerprint density at radius 1 is 0.311 bits per heavy atom. The fourth-order valence-corrected chi connectivity index (χ4v) is 5.46. The average Bonchev–Trinajstić information content (AvgIpc) is 3.25. The molecule has 0 aliphatic carbocycles. The highest BCUT2D eigenvalue weighted by Gasteiger charge is 2.03. The molecular formula is C44H87NO16. The lowest BCUT2D eigenvalue weighted by Gasteiger charge is -2.09. The zero-order chi connectivity index (χ0) is 44.0. The number of nitrogens with one attached hydrogen (secondary N) is 1. The Balaban J connectivity index is 3.09. The van der Waals surface area contributed by atoms with Gasteiger partial charge in [-0.1, -0.05) is 90.4 Å². The SMILES string of the molecule is CCCCCCCCCCCCCCCCOCCOCCOCCOCCOCCOCCOCCOCCOCCOCCOCCOCCNC(=O)COCC(=O)O. The highest BCUT2D eigenvalue weighted by molar-refractivity contribution is 5.77. The van der Waals surface area contributed by atoms with Gasteiger partial charge in [-0.25, -0.2) is 4.79 Å². The van der Waals surface area contributed by atoms with E-state index in [4.69, 9.17) is 61.9 Å². The minimum atomic E-state index is -1.12. The number of carboxylic acid groups (broad SMARTS) is 1. The molecule has 0 unspecified atom stereocenters. The van der Waals surface area contributed by atoms with Crippen molar-refractivity contribution >= 4 is 11.9 Å². The lowest BCUT2D eigenvalue weighted by Crippen LogP contribution is -2.31. The fraction of sp³-hybridized carbons (Fsp3) is 0.955. The van der Waals surface area contributed by atoms with Crippen molar-refractivity contribution in [2.75, 3.05) is 178 Å². The molecule has 17 nitrogen and oxygen atoms in total. The Morgan fingerprint density at radius 3 is 0.836 bits per heavy atom. The van der Waals surface area contributed by atoms with Crippen molar-refractivity contribution in [3.8, 4) is 0 Å². The minimum absolute atomic E-state index is 0.300. The molecule has 0 spiro atoms. The summed E-state index contributed by atoms with van der Waals surface area (Å²) in [6.07, 6.45) is 19.2. The van der Waals surface area contributed by atoms with E-state index in [9.17, 15) is 9.59 Å². The predicted octanol–water partition coefficient (Wildman–Crippen LogP) is 4.88. The molecule has 0 aromatic rings. The average molecular weight is 886 g/mol. The van der Waals surface area contributed by atoms with Gasteiger partial charge in [-0.3, -0.25) is 4.79 Å². The second-order valence-corrected chi connectivity index (χ2v) is 14.2. The van der Waals surface area contributed by atoms with E-state index in [1.807, 2.05) is 0 Å². The number of unbranched alkanes of at least 4 members (excludes halogenated alkanes) is 13. The number of hydrogen-bond acceptors (Lipinski definition) is 15. The van der Waals surface area contributed by atoms with Crippen LogP contribution in [0, 0.1) is 0 Å². The zero-order valence-corrected chi connectivity index (χ0v) is 38.1. The van der Waals surface area contributed by atoms with Crippen molar-refractivity contribution in [1.82, 2.24) is 5.32 Å². The van der Waals surface area contributed by atoms with Crippen LogP contribution in [0.2, 0.25) is 0 Å². The van der Waals surface area contributed by atoms with Gasteiger partial charge in [-0.15, -0.1) is 0 Å². The summed E-state index contributed by atoms with van der Waals surface area (Å²) < 4.78 is 70.7. The second-order valence-electron chi connectivity index (χ2n) is 14.2. The number of rotatable bonds is 55. The summed E-state index contributed by atoms with van der Waals surface area (Å²) in [6, 6.07) is 0. The molecule has 0 saturated carbocycles. The van der Waals surface area contributed by atoms with Gasteiger partial charge in [0.25, 0.3) is 0 Å². The maximum absolute atomic E-state index is 11.4. The normalized spacial score (nSPS) is 11.5. The highest BCUT2D eigenvalue weighted by atomic mass is 16.6. The van der Waals surface area contributed by atoms with Crippen LogP contribution < -0.4 is 5.32 Å². The molecule has 1 amide bonds. The van der Waals surface area contributed by atoms with Crippen molar-refractivity contribution in [2.45, 2.75) is 96.8 Å². The molecule has 0 aromatic carbocycles. The minimum Gasteiger partial charge on any atom is -0.480 e. The van der Waals surface area contributed by atoms with E-state index in [0.717, 1.165) is 13.0 Å². The zero-order valence-electron chi connectivity index (χ0n) is 38.1. The molecule has 0 radical (unpaired) electrons. The van der Waals surface area contributed by atoms with Crippen molar-refractivity contribution in [3.63, 3.8) is 0 Å². The first kappa shape index (κ1) is 59.4. The molecule has 0 aliphatic heterocycles. The number of carbonyl (C=O) groups excluding carboxylic acids is 1. The topological polar surface area (TPSA) is 186 Å². The molecule has 17 heteroatoms. The van der Waals surface area contributed by atoms with Crippen LogP contribution >= 0.6 is 0 Å². The smallest absolute Gasteiger partial charge is 0.329 e. The van der Waals surface area contributed by atoms with E-state index in [0.29, 0.717) is 159 Å². The van der Waals surface area contributed by atoms with Crippen molar-refractivity contribution in [1.29, 1.82) is 0 Å². The second kappa shape index (κ2) is 54.6. The van der Waals surface area contributed by atoms with Crippen molar-refractivity contribution < 1.29 is 76.3 Å². The molecule has 364 valence electrons. The fourth-order valence-electron chi connectivity index (χ4n) is 5.46. The van der Waals surface area contributed by atoms with E-state index in [2.05, 4.69) is 17.0 Å². The summed E-state index contributed by atoms with van der Waals surface area (Å²) in [6.45, 7) is 13.8. The lowest BCUT2D eigenvalue weighted by molar-refractivity contribution is -0.143. The van der Waals surface area contributed by atoms with Gasteiger partial charge in [0.05, 0.1) is 152 Å². The Labute approximate surface area is 368 Å². The first-order chi connectivity index (χ1) is 30.2. The third kappa shape index (κ3) is 56.4. The maximum Gasteiger partial charge on any atom is 0.329 e. The third-order valence-corrected chi connectivity index (χ3v) is 8.76. The maximum atomic E-state index is 11.4.